The molecule has 1 saturated heterocycles. The lowest BCUT2D eigenvalue weighted by Gasteiger charge is -2.25. The van der Waals surface area contributed by atoms with Gasteiger partial charge in [0.15, 0.2) is 5.82 Å². The standard InChI is InChI=1S/C14H14N4O2/c1-2-11(9-12-10(1)3-6-20-12)13-15-14(17-16-13)18-4-7-19-8-5-18/h1-3,6,9H,4-5,7-8H2,(H,15,16,17). The molecular weight excluding hydrogens is 256 g/mol. The smallest absolute Gasteiger partial charge is 0.245 e. The van der Waals surface area contributed by atoms with Crippen LogP contribution in [-0.2, 0) is 4.74 Å². The topological polar surface area (TPSA) is 67.2 Å². The summed E-state index contributed by atoms with van der Waals surface area (Å²) in [6.07, 6.45) is 1.69. The highest BCUT2D eigenvalue weighted by atomic mass is 16.5. The van der Waals surface area contributed by atoms with Crippen molar-refractivity contribution in [3.63, 3.8) is 0 Å². The van der Waals surface area contributed by atoms with Crippen LogP contribution in [0.3, 0.4) is 0 Å². The first-order valence-electron chi connectivity index (χ1n) is 6.63. The number of hydrogen-bond donors (Lipinski definition) is 1. The van der Waals surface area contributed by atoms with Crippen LogP contribution in [0.2, 0.25) is 0 Å². The molecule has 3 aromatic rings. The van der Waals surface area contributed by atoms with E-state index in [1.54, 1.807) is 6.26 Å². The molecule has 0 unspecified atom stereocenters. The van der Waals surface area contributed by atoms with Gasteiger partial charge in [0.2, 0.25) is 5.95 Å². The number of aromatic amines is 1. The first kappa shape index (κ1) is 11.5. The Labute approximate surface area is 115 Å². The Hall–Kier alpha value is -2.34. The van der Waals surface area contributed by atoms with Crippen molar-refractivity contribution in [3.8, 4) is 11.4 Å². The predicted octanol–water partition coefficient (Wildman–Crippen LogP) is 2.05. The molecule has 0 atom stereocenters. The Morgan fingerprint density at radius 3 is 2.95 bits per heavy atom. The van der Waals surface area contributed by atoms with Crippen LogP contribution >= 0.6 is 0 Å². The summed E-state index contributed by atoms with van der Waals surface area (Å²) in [7, 11) is 0. The average molecular weight is 270 g/mol. The van der Waals surface area contributed by atoms with Gasteiger partial charge in [-0.2, -0.15) is 4.98 Å². The maximum absolute atomic E-state index is 5.41. The third kappa shape index (κ3) is 1.94. The molecule has 0 aliphatic carbocycles. The van der Waals surface area contributed by atoms with Crippen molar-refractivity contribution in [2.45, 2.75) is 0 Å². The lowest BCUT2D eigenvalue weighted by atomic mass is 10.1. The van der Waals surface area contributed by atoms with E-state index in [9.17, 15) is 0 Å². The third-order valence-corrected chi connectivity index (χ3v) is 3.50. The van der Waals surface area contributed by atoms with Gasteiger partial charge in [0.25, 0.3) is 0 Å². The molecule has 0 saturated carbocycles. The Bertz CT molecular complexity index is 727. The van der Waals surface area contributed by atoms with Gasteiger partial charge in [-0.05, 0) is 12.1 Å². The minimum absolute atomic E-state index is 0.724. The molecular formula is C14H14N4O2. The number of nitrogens with one attached hydrogen (secondary N) is 1. The van der Waals surface area contributed by atoms with Gasteiger partial charge in [0.05, 0.1) is 19.5 Å². The molecule has 2 aromatic heterocycles. The second kappa shape index (κ2) is 4.64. The van der Waals surface area contributed by atoms with E-state index in [2.05, 4.69) is 20.1 Å². The summed E-state index contributed by atoms with van der Waals surface area (Å²) in [5.41, 5.74) is 1.83. The first-order chi connectivity index (χ1) is 9.90. The summed E-state index contributed by atoms with van der Waals surface area (Å²) in [6.45, 7) is 3.10. The third-order valence-electron chi connectivity index (χ3n) is 3.50. The number of morpholine rings is 1. The molecule has 3 heterocycles. The van der Waals surface area contributed by atoms with Crippen molar-refractivity contribution in [2.75, 3.05) is 31.2 Å². The molecule has 1 aliphatic rings. The van der Waals surface area contributed by atoms with Crippen molar-refractivity contribution in [2.24, 2.45) is 0 Å². The monoisotopic (exact) mass is 270 g/mol. The Morgan fingerprint density at radius 1 is 1.15 bits per heavy atom. The highest BCUT2D eigenvalue weighted by Gasteiger charge is 2.16. The lowest BCUT2D eigenvalue weighted by Crippen LogP contribution is -2.36. The molecule has 1 N–H and O–H groups in total. The van der Waals surface area contributed by atoms with Gasteiger partial charge in [-0.1, -0.05) is 12.1 Å². The van der Waals surface area contributed by atoms with Crippen LogP contribution in [0.5, 0.6) is 0 Å². The number of anilines is 1. The maximum Gasteiger partial charge on any atom is 0.245 e. The van der Waals surface area contributed by atoms with Crippen molar-refractivity contribution in [1.29, 1.82) is 0 Å². The fourth-order valence-corrected chi connectivity index (χ4v) is 2.39. The van der Waals surface area contributed by atoms with E-state index in [-0.39, 0.29) is 0 Å². The number of rotatable bonds is 2. The van der Waals surface area contributed by atoms with Crippen LogP contribution in [0.1, 0.15) is 0 Å². The summed E-state index contributed by atoms with van der Waals surface area (Å²) in [5, 5.41) is 8.36. The van der Waals surface area contributed by atoms with E-state index in [1.807, 2.05) is 24.3 Å². The normalized spacial score (nSPS) is 15.9. The molecule has 4 rings (SSSR count). The molecule has 1 aromatic carbocycles. The number of nitrogens with zero attached hydrogens (tertiary/aromatic N) is 3. The number of ether oxygens (including phenoxy) is 1. The van der Waals surface area contributed by atoms with Crippen molar-refractivity contribution in [3.05, 3.63) is 30.5 Å². The zero-order chi connectivity index (χ0) is 13.4. The highest BCUT2D eigenvalue weighted by Crippen LogP contribution is 2.23. The highest BCUT2D eigenvalue weighted by molar-refractivity contribution is 5.81. The Morgan fingerprint density at radius 2 is 2.05 bits per heavy atom. The van der Waals surface area contributed by atoms with Gasteiger partial charge in [0, 0.05) is 24.0 Å². The Kier molecular flexibility index (Phi) is 2.67. The van der Waals surface area contributed by atoms with Gasteiger partial charge in [-0.3, -0.25) is 5.10 Å². The lowest BCUT2D eigenvalue weighted by molar-refractivity contribution is 0.122. The largest absolute Gasteiger partial charge is 0.464 e. The van der Waals surface area contributed by atoms with Crippen molar-refractivity contribution < 1.29 is 9.15 Å². The summed E-state index contributed by atoms with van der Waals surface area (Å²) in [5.74, 6) is 1.48. The zero-order valence-corrected chi connectivity index (χ0v) is 10.9. The second-order valence-electron chi connectivity index (χ2n) is 4.76. The number of fused-ring (bicyclic) bond motifs is 1. The summed E-state index contributed by atoms with van der Waals surface area (Å²) in [4.78, 5) is 6.68. The fourth-order valence-electron chi connectivity index (χ4n) is 2.39. The zero-order valence-electron chi connectivity index (χ0n) is 10.9. The molecule has 0 bridgehead atoms. The van der Waals surface area contributed by atoms with Gasteiger partial charge in [-0.25, -0.2) is 0 Å². The van der Waals surface area contributed by atoms with Crippen molar-refractivity contribution >= 4 is 16.9 Å². The molecule has 6 heteroatoms. The van der Waals surface area contributed by atoms with Crippen LogP contribution in [0, 0.1) is 0 Å². The van der Waals surface area contributed by atoms with E-state index in [4.69, 9.17) is 9.15 Å². The molecule has 20 heavy (non-hydrogen) atoms. The van der Waals surface area contributed by atoms with E-state index < -0.39 is 0 Å². The van der Waals surface area contributed by atoms with Crippen LogP contribution in [-0.4, -0.2) is 41.5 Å². The molecule has 0 radical (unpaired) electrons. The molecule has 1 aliphatic heterocycles. The number of H-pyrrole nitrogens is 1. The minimum atomic E-state index is 0.724. The quantitative estimate of drug-likeness (QED) is 0.772. The first-order valence-corrected chi connectivity index (χ1v) is 6.63. The summed E-state index contributed by atoms with van der Waals surface area (Å²) in [6, 6.07) is 7.95. The van der Waals surface area contributed by atoms with Crippen LogP contribution in [0.15, 0.2) is 34.9 Å². The molecule has 102 valence electrons. The second-order valence-corrected chi connectivity index (χ2v) is 4.76. The van der Waals surface area contributed by atoms with Crippen LogP contribution in [0.4, 0.5) is 5.95 Å². The Balaban J connectivity index is 1.66. The fraction of sp³-hybridized carbons (Fsp3) is 0.286. The summed E-state index contributed by atoms with van der Waals surface area (Å²) < 4.78 is 10.7. The van der Waals surface area contributed by atoms with Gasteiger partial charge in [0.1, 0.15) is 5.58 Å². The summed E-state index contributed by atoms with van der Waals surface area (Å²) >= 11 is 0. The number of hydrogen-bond acceptors (Lipinski definition) is 5. The van der Waals surface area contributed by atoms with Gasteiger partial charge >= 0.3 is 0 Å². The number of furan rings is 1. The van der Waals surface area contributed by atoms with E-state index >= 15 is 0 Å². The number of aromatic nitrogens is 3. The molecule has 6 nitrogen and oxygen atoms in total. The van der Waals surface area contributed by atoms with E-state index in [0.717, 1.165) is 54.6 Å². The minimum Gasteiger partial charge on any atom is -0.464 e. The number of benzene rings is 1. The van der Waals surface area contributed by atoms with Gasteiger partial charge in [-0.15, -0.1) is 5.10 Å². The molecule has 1 fully saturated rings. The SMILES string of the molecule is c1cc2ccc(-c3nc(N4CCOCC4)n[nH]3)cc2o1. The predicted molar refractivity (Wildman–Crippen MR) is 74.6 cm³/mol. The molecule has 0 amide bonds. The van der Waals surface area contributed by atoms with E-state index in [0.29, 0.717) is 0 Å². The van der Waals surface area contributed by atoms with Gasteiger partial charge < -0.3 is 14.1 Å². The van der Waals surface area contributed by atoms with Crippen molar-refractivity contribution in [1.82, 2.24) is 15.2 Å². The average Bonchev–Trinajstić information content (AvgIpc) is 3.16. The van der Waals surface area contributed by atoms with Crippen LogP contribution in [0.25, 0.3) is 22.4 Å². The van der Waals surface area contributed by atoms with Crippen LogP contribution < -0.4 is 4.90 Å². The molecule has 0 spiro atoms. The van der Waals surface area contributed by atoms with E-state index in [1.165, 1.54) is 0 Å². The maximum atomic E-state index is 5.41.